The quantitative estimate of drug-likeness (QED) is 0.677. The Morgan fingerprint density at radius 2 is 1.76 bits per heavy atom. The Hall–Kier alpha value is -2.63. The normalized spacial score (nSPS) is 11.3. The van der Waals surface area contributed by atoms with E-state index in [1.54, 1.807) is 12.1 Å². The second-order valence-corrected chi connectivity index (χ2v) is 5.02. The lowest BCUT2D eigenvalue weighted by Crippen LogP contribution is -1.86. The Morgan fingerprint density at radius 3 is 2.52 bits per heavy atom. The van der Waals surface area contributed by atoms with Crippen LogP contribution in [0.1, 0.15) is 16.8 Å². The van der Waals surface area contributed by atoms with E-state index in [9.17, 15) is 0 Å². The zero-order valence-electron chi connectivity index (χ0n) is 11.1. The fourth-order valence-corrected chi connectivity index (χ4v) is 2.30. The van der Waals surface area contributed by atoms with E-state index >= 15 is 0 Å². The number of hydrogen-bond donors (Lipinski definition) is 0. The lowest BCUT2D eigenvalue weighted by Gasteiger charge is -2.02. The van der Waals surface area contributed by atoms with Crippen molar-refractivity contribution >= 4 is 33.6 Å². The van der Waals surface area contributed by atoms with E-state index in [1.165, 1.54) is 0 Å². The van der Waals surface area contributed by atoms with Crippen LogP contribution in [0.15, 0.2) is 60.7 Å². The van der Waals surface area contributed by atoms with Crippen molar-refractivity contribution in [2.75, 3.05) is 0 Å². The molecule has 0 fully saturated rings. The van der Waals surface area contributed by atoms with Gasteiger partial charge in [-0.05, 0) is 35.9 Å². The Morgan fingerprint density at radius 1 is 1.00 bits per heavy atom. The summed E-state index contributed by atoms with van der Waals surface area (Å²) in [5.74, 6) is 0. The molecule has 21 heavy (non-hydrogen) atoms. The second-order valence-electron chi connectivity index (χ2n) is 4.62. The average molecular weight is 291 g/mol. The molecule has 1 aromatic heterocycles. The summed E-state index contributed by atoms with van der Waals surface area (Å²) in [7, 11) is 0. The van der Waals surface area contributed by atoms with Crippen molar-refractivity contribution in [1.82, 2.24) is 4.98 Å². The first-order chi connectivity index (χ1) is 10.3. The highest BCUT2D eigenvalue weighted by Gasteiger charge is 2.02. The van der Waals surface area contributed by atoms with Gasteiger partial charge in [-0.15, -0.1) is 0 Å². The molecular weight excluding hydrogens is 280 g/mol. The third-order valence-electron chi connectivity index (χ3n) is 3.18. The third-order valence-corrected chi connectivity index (χ3v) is 3.48. The van der Waals surface area contributed by atoms with Crippen molar-refractivity contribution in [2.45, 2.75) is 0 Å². The average Bonchev–Trinajstić information content (AvgIpc) is 2.55. The number of pyridine rings is 1. The van der Waals surface area contributed by atoms with E-state index in [0.717, 1.165) is 22.2 Å². The topological polar surface area (TPSA) is 36.7 Å². The maximum Gasteiger partial charge on any atom is 0.0991 e. The predicted molar refractivity (Wildman–Crippen MR) is 86.6 cm³/mol. The SMILES string of the molecule is N#Cc1ccc(/C=C(\Cl)c2ccc3ccccc3n2)cc1. The Bertz CT molecular complexity index is 858. The fraction of sp³-hybridized carbons (Fsp3) is 0. The predicted octanol–water partition coefficient (Wildman–Crippen LogP) is 4.84. The zero-order valence-corrected chi connectivity index (χ0v) is 11.9. The van der Waals surface area contributed by atoms with Crippen LogP contribution in [0.5, 0.6) is 0 Å². The molecular formula is C18H11ClN2. The smallest absolute Gasteiger partial charge is 0.0991 e. The molecule has 3 aromatic rings. The molecule has 0 aliphatic rings. The van der Waals surface area contributed by atoms with Gasteiger partial charge in [0.25, 0.3) is 0 Å². The van der Waals surface area contributed by atoms with Crippen molar-refractivity contribution in [2.24, 2.45) is 0 Å². The maximum absolute atomic E-state index is 8.79. The van der Waals surface area contributed by atoms with Gasteiger partial charge in [0.15, 0.2) is 0 Å². The molecule has 0 bridgehead atoms. The molecule has 2 nitrogen and oxygen atoms in total. The largest absolute Gasteiger partial charge is 0.247 e. The molecule has 2 aromatic carbocycles. The molecule has 0 amide bonds. The van der Waals surface area contributed by atoms with Crippen LogP contribution in [0.2, 0.25) is 0 Å². The molecule has 0 unspecified atom stereocenters. The van der Waals surface area contributed by atoms with Crippen LogP contribution in [0, 0.1) is 11.3 Å². The maximum atomic E-state index is 8.79. The number of rotatable bonds is 2. The second kappa shape index (κ2) is 5.78. The van der Waals surface area contributed by atoms with Crippen LogP contribution in [-0.2, 0) is 0 Å². The van der Waals surface area contributed by atoms with Gasteiger partial charge in [0.05, 0.1) is 27.9 Å². The van der Waals surface area contributed by atoms with Crippen LogP contribution in [0.4, 0.5) is 0 Å². The van der Waals surface area contributed by atoms with Crippen LogP contribution < -0.4 is 0 Å². The Balaban J connectivity index is 1.96. The van der Waals surface area contributed by atoms with Gasteiger partial charge in [-0.2, -0.15) is 5.26 Å². The molecule has 0 N–H and O–H groups in total. The van der Waals surface area contributed by atoms with Crippen LogP contribution in [0.3, 0.4) is 0 Å². The van der Waals surface area contributed by atoms with Crippen molar-refractivity contribution in [3.63, 3.8) is 0 Å². The highest BCUT2D eigenvalue weighted by Crippen LogP contribution is 2.23. The van der Waals surface area contributed by atoms with Crippen LogP contribution in [-0.4, -0.2) is 4.98 Å². The van der Waals surface area contributed by atoms with Crippen molar-refractivity contribution < 1.29 is 0 Å². The molecule has 0 radical (unpaired) electrons. The number of nitrogens with zero attached hydrogens (tertiary/aromatic N) is 2. The number of benzene rings is 2. The van der Waals surface area contributed by atoms with E-state index in [4.69, 9.17) is 16.9 Å². The first-order valence-electron chi connectivity index (χ1n) is 6.50. The van der Waals surface area contributed by atoms with Gasteiger partial charge in [-0.1, -0.05) is 48.0 Å². The van der Waals surface area contributed by atoms with E-state index in [0.29, 0.717) is 10.6 Å². The molecule has 0 saturated carbocycles. The van der Waals surface area contributed by atoms with Crippen molar-refractivity contribution in [1.29, 1.82) is 5.26 Å². The van der Waals surface area contributed by atoms with E-state index < -0.39 is 0 Å². The lowest BCUT2D eigenvalue weighted by molar-refractivity contribution is 1.37. The summed E-state index contributed by atoms with van der Waals surface area (Å²) < 4.78 is 0. The number of hydrogen-bond acceptors (Lipinski definition) is 2. The Labute approximate surface area is 127 Å². The first kappa shape index (κ1) is 13.4. The summed E-state index contributed by atoms with van der Waals surface area (Å²) in [6.45, 7) is 0. The van der Waals surface area contributed by atoms with E-state index in [2.05, 4.69) is 11.1 Å². The first-order valence-corrected chi connectivity index (χ1v) is 6.87. The Kier molecular flexibility index (Phi) is 3.68. The molecule has 1 heterocycles. The molecule has 0 saturated heterocycles. The van der Waals surface area contributed by atoms with Crippen molar-refractivity contribution in [3.8, 4) is 6.07 Å². The molecule has 0 atom stereocenters. The fourth-order valence-electron chi connectivity index (χ4n) is 2.07. The molecule has 0 aliphatic carbocycles. The molecule has 100 valence electrons. The minimum absolute atomic E-state index is 0.575. The van der Waals surface area contributed by atoms with Crippen LogP contribution >= 0.6 is 11.6 Å². The highest BCUT2D eigenvalue weighted by molar-refractivity contribution is 6.51. The van der Waals surface area contributed by atoms with E-state index in [-0.39, 0.29) is 0 Å². The monoisotopic (exact) mass is 290 g/mol. The van der Waals surface area contributed by atoms with Gasteiger partial charge in [-0.3, -0.25) is 0 Å². The van der Waals surface area contributed by atoms with Gasteiger partial charge in [0, 0.05) is 5.39 Å². The van der Waals surface area contributed by atoms with Crippen LogP contribution in [0.25, 0.3) is 22.0 Å². The summed E-state index contributed by atoms with van der Waals surface area (Å²) in [6.07, 6.45) is 1.85. The minimum Gasteiger partial charge on any atom is -0.247 e. The molecule has 0 spiro atoms. The molecule has 3 heteroatoms. The van der Waals surface area contributed by atoms with Gasteiger partial charge >= 0.3 is 0 Å². The standard InChI is InChI=1S/C18H11ClN2/c19-16(11-13-5-7-14(12-20)8-6-13)18-10-9-15-3-1-2-4-17(15)21-18/h1-11H/b16-11-. The number of aromatic nitrogens is 1. The lowest BCUT2D eigenvalue weighted by atomic mass is 10.1. The number of fused-ring (bicyclic) bond motifs is 1. The van der Waals surface area contributed by atoms with Gasteiger partial charge in [0.2, 0.25) is 0 Å². The van der Waals surface area contributed by atoms with Gasteiger partial charge in [-0.25, -0.2) is 4.98 Å². The minimum atomic E-state index is 0.575. The summed E-state index contributed by atoms with van der Waals surface area (Å²) in [6, 6.07) is 21.2. The summed E-state index contributed by atoms with van der Waals surface area (Å²) >= 11 is 6.35. The van der Waals surface area contributed by atoms with E-state index in [1.807, 2.05) is 54.6 Å². The van der Waals surface area contributed by atoms with Gasteiger partial charge < -0.3 is 0 Å². The number of nitriles is 1. The van der Waals surface area contributed by atoms with Crippen molar-refractivity contribution in [3.05, 3.63) is 77.5 Å². The van der Waals surface area contributed by atoms with Gasteiger partial charge in [0.1, 0.15) is 0 Å². The summed E-state index contributed by atoms with van der Waals surface area (Å²) in [5.41, 5.74) is 3.22. The summed E-state index contributed by atoms with van der Waals surface area (Å²) in [4.78, 5) is 4.55. The highest BCUT2D eigenvalue weighted by atomic mass is 35.5. The number of para-hydroxylation sites is 1. The number of halogens is 1. The molecule has 3 rings (SSSR count). The molecule has 0 aliphatic heterocycles. The summed E-state index contributed by atoms with van der Waals surface area (Å²) in [5, 5.41) is 10.4. The third kappa shape index (κ3) is 2.94. The zero-order chi connectivity index (χ0) is 14.7.